The number of hydrogen-bond acceptors (Lipinski definition) is 5. The topological polar surface area (TPSA) is 95.5 Å². The minimum atomic E-state index is -0.373. The van der Waals surface area contributed by atoms with Crippen LogP contribution in [0.4, 0.5) is 0 Å². The van der Waals surface area contributed by atoms with E-state index in [9.17, 15) is 0 Å². The predicted molar refractivity (Wildman–Crippen MR) is 116 cm³/mol. The third kappa shape index (κ3) is 3.24. The fraction of sp³-hybridized carbons (Fsp3) is 0.174. The molecular formula is C23H21N7. The molecule has 0 radical (unpaired) electrons. The lowest BCUT2D eigenvalue weighted by Gasteiger charge is -2.19. The molecule has 3 heterocycles. The zero-order valence-corrected chi connectivity index (χ0v) is 16.6. The van der Waals surface area contributed by atoms with E-state index >= 15 is 0 Å². The monoisotopic (exact) mass is 395 g/mol. The summed E-state index contributed by atoms with van der Waals surface area (Å²) in [6.07, 6.45) is 9.53. The minimum Gasteiger partial charge on any atom is -0.346 e. The summed E-state index contributed by atoms with van der Waals surface area (Å²) in [5.74, 6) is 1.49. The number of rotatable bonds is 6. The number of allylic oxidation sites excluding steroid dienone is 1. The van der Waals surface area contributed by atoms with Crippen molar-refractivity contribution in [2.45, 2.75) is 25.3 Å². The Bertz CT molecular complexity index is 1190. The van der Waals surface area contributed by atoms with Gasteiger partial charge in [-0.05, 0) is 46.4 Å². The lowest BCUT2D eigenvalue weighted by Crippen LogP contribution is -2.19. The van der Waals surface area contributed by atoms with Crippen LogP contribution >= 0.6 is 0 Å². The summed E-state index contributed by atoms with van der Waals surface area (Å²) in [5.41, 5.74) is 5.22. The lowest BCUT2D eigenvalue weighted by atomic mass is 9.93. The van der Waals surface area contributed by atoms with Crippen LogP contribution in [-0.2, 0) is 12.0 Å². The Hall–Kier alpha value is -3.87. The average molecular weight is 395 g/mol. The van der Waals surface area contributed by atoms with Gasteiger partial charge in [0.1, 0.15) is 11.4 Å². The highest BCUT2D eigenvalue weighted by Crippen LogP contribution is 2.34. The molecule has 0 bridgehead atoms. The first kappa shape index (κ1) is 18.2. The number of tetrazole rings is 1. The van der Waals surface area contributed by atoms with E-state index < -0.39 is 0 Å². The molecule has 7 heteroatoms. The summed E-state index contributed by atoms with van der Waals surface area (Å²) in [5, 5.41) is 14.5. The smallest absolute Gasteiger partial charge is 0.205 e. The Morgan fingerprint density at radius 2 is 1.83 bits per heavy atom. The van der Waals surface area contributed by atoms with Gasteiger partial charge in [-0.2, -0.15) is 5.21 Å². The quantitative estimate of drug-likeness (QED) is 0.513. The van der Waals surface area contributed by atoms with E-state index in [1.54, 1.807) is 6.20 Å². The second kappa shape index (κ2) is 7.51. The number of imidazole rings is 1. The molecule has 1 aliphatic heterocycles. The van der Waals surface area contributed by atoms with Crippen molar-refractivity contribution >= 4 is 6.21 Å². The Morgan fingerprint density at radius 3 is 2.53 bits per heavy atom. The maximum absolute atomic E-state index is 4.78. The number of nitrogens with one attached hydrogen (secondary N) is 2. The number of hydrogen-bond donors (Lipinski definition) is 2. The zero-order valence-electron chi connectivity index (χ0n) is 16.6. The van der Waals surface area contributed by atoms with E-state index in [1.165, 1.54) is 11.1 Å². The Labute approximate surface area is 174 Å². The second-order valence-electron chi connectivity index (χ2n) is 7.35. The third-order valence-electron chi connectivity index (χ3n) is 5.52. The van der Waals surface area contributed by atoms with Gasteiger partial charge in [-0.3, -0.25) is 4.99 Å². The van der Waals surface area contributed by atoms with Gasteiger partial charge >= 0.3 is 0 Å². The number of aromatic amines is 2. The highest BCUT2D eigenvalue weighted by Gasteiger charge is 2.32. The normalized spacial score (nSPS) is 18.0. The number of H-pyrrole nitrogens is 2. The van der Waals surface area contributed by atoms with Gasteiger partial charge in [0.15, 0.2) is 0 Å². The van der Waals surface area contributed by atoms with Crippen molar-refractivity contribution in [2.24, 2.45) is 4.99 Å². The largest absolute Gasteiger partial charge is 0.346 e. The van der Waals surface area contributed by atoms with E-state index in [0.717, 1.165) is 35.4 Å². The Balaban J connectivity index is 1.39. The van der Waals surface area contributed by atoms with Crippen molar-refractivity contribution in [1.29, 1.82) is 0 Å². The van der Waals surface area contributed by atoms with Crippen LogP contribution in [0.5, 0.6) is 0 Å². The third-order valence-corrected chi connectivity index (χ3v) is 5.52. The molecule has 2 aromatic heterocycles. The van der Waals surface area contributed by atoms with Crippen LogP contribution in [0.2, 0.25) is 0 Å². The lowest BCUT2D eigenvalue weighted by molar-refractivity contribution is 0.522. The molecule has 2 N–H and O–H groups in total. The van der Waals surface area contributed by atoms with Gasteiger partial charge in [-0.15, -0.1) is 10.2 Å². The SMILES string of the molecule is CCC1(c2ncc[nH]2)C=C(Cc2ccc(-c3ccccc3-c3nn[nH]n3)cc2)C=N1. The average Bonchev–Trinajstić information content (AvgIpc) is 3.56. The summed E-state index contributed by atoms with van der Waals surface area (Å²) in [4.78, 5) is 12.4. The van der Waals surface area contributed by atoms with Crippen molar-refractivity contribution in [3.8, 4) is 22.5 Å². The molecule has 0 saturated heterocycles. The molecule has 30 heavy (non-hydrogen) atoms. The van der Waals surface area contributed by atoms with E-state index in [0.29, 0.717) is 5.82 Å². The fourth-order valence-corrected chi connectivity index (χ4v) is 3.91. The molecule has 0 spiro atoms. The fourth-order valence-electron chi connectivity index (χ4n) is 3.91. The molecular weight excluding hydrogens is 374 g/mol. The van der Waals surface area contributed by atoms with Crippen LogP contribution < -0.4 is 0 Å². The van der Waals surface area contributed by atoms with Crippen LogP contribution in [0.25, 0.3) is 22.5 Å². The predicted octanol–water partition coefficient (Wildman–Crippen LogP) is 4.12. The highest BCUT2D eigenvalue weighted by atomic mass is 15.5. The van der Waals surface area contributed by atoms with Gasteiger partial charge in [-0.1, -0.05) is 55.5 Å². The van der Waals surface area contributed by atoms with Crippen molar-refractivity contribution < 1.29 is 0 Å². The van der Waals surface area contributed by atoms with Crippen molar-refractivity contribution in [1.82, 2.24) is 30.6 Å². The molecule has 0 fully saturated rings. The highest BCUT2D eigenvalue weighted by molar-refractivity contribution is 5.83. The van der Waals surface area contributed by atoms with E-state index in [4.69, 9.17) is 4.99 Å². The first-order valence-corrected chi connectivity index (χ1v) is 9.96. The van der Waals surface area contributed by atoms with Gasteiger partial charge in [0, 0.05) is 24.2 Å². The summed E-state index contributed by atoms with van der Waals surface area (Å²) >= 11 is 0. The Kier molecular flexibility index (Phi) is 4.55. The molecule has 1 unspecified atom stereocenters. The standard InChI is InChI=1S/C23H21N7/c1-2-23(22-24-11-12-25-22)14-17(15-26-23)13-16-7-9-18(10-8-16)19-5-3-4-6-20(19)21-27-29-30-28-21/h3-12,14-15H,2,13H2,1H3,(H,24,25)(H,27,28,29,30). The second-order valence-corrected chi connectivity index (χ2v) is 7.35. The van der Waals surface area contributed by atoms with Gasteiger partial charge in [0.25, 0.3) is 0 Å². The Morgan fingerprint density at radius 1 is 1.00 bits per heavy atom. The van der Waals surface area contributed by atoms with Gasteiger partial charge in [-0.25, -0.2) is 4.98 Å². The summed E-state index contributed by atoms with van der Waals surface area (Å²) in [7, 11) is 0. The molecule has 4 aromatic rings. The van der Waals surface area contributed by atoms with Crippen LogP contribution in [0.1, 0.15) is 24.7 Å². The molecule has 2 aromatic carbocycles. The molecule has 5 rings (SSSR count). The van der Waals surface area contributed by atoms with Gasteiger partial charge < -0.3 is 4.98 Å². The van der Waals surface area contributed by atoms with Gasteiger partial charge in [0.05, 0.1) is 0 Å². The van der Waals surface area contributed by atoms with E-state index in [-0.39, 0.29) is 5.54 Å². The maximum atomic E-state index is 4.78. The van der Waals surface area contributed by atoms with Crippen molar-refractivity contribution in [3.05, 3.63) is 84.0 Å². The maximum Gasteiger partial charge on any atom is 0.205 e. The molecule has 0 amide bonds. The molecule has 0 saturated carbocycles. The molecule has 1 aliphatic rings. The summed E-state index contributed by atoms with van der Waals surface area (Å²) in [6.45, 7) is 2.13. The zero-order chi connectivity index (χ0) is 20.4. The molecule has 1 atom stereocenters. The van der Waals surface area contributed by atoms with E-state index in [1.807, 2.05) is 30.6 Å². The van der Waals surface area contributed by atoms with E-state index in [2.05, 4.69) is 73.9 Å². The van der Waals surface area contributed by atoms with Gasteiger partial charge in [0.2, 0.25) is 5.82 Å². The van der Waals surface area contributed by atoms with Crippen molar-refractivity contribution in [3.63, 3.8) is 0 Å². The first-order valence-electron chi connectivity index (χ1n) is 9.96. The number of aromatic nitrogens is 6. The van der Waals surface area contributed by atoms with Crippen LogP contribution in [0, 0.1) is 0 Å². The summed E-state index contributed by atoms with van der Waals surface area (Å²) < 4.78 is 0. The number of benzene rings is 2. The molecule has 7 nitrogen and oxygen atoms in total. The minimum absolute atomic E-state index is 0.373. The number of nitrogens with zero attached hydrogens (tertiary/aromatic N) is 5. The molecule has 0 aliphatic carbocycles. The first-order chi connectivity index (χ1) is 14.8. The van der Waals surface area contributed by atoms with Crippen LogP contribution in [-0.4, -0.2) is 36.8 Å². The molecule has 148 valence electrons. The van der Waals surface area contributed by atoms with Crippen LogP contribution in [0.3, 0.4) is 0 Å². The summed E-state index contributed by atoms with van der Waals surface area (Å²) in [6, 6.07) is 16.7. The number of aliphatic imine (C=N–C) groups is 1. The van der Waals surface area contributed by atoms with Crippen molar-refractivity contribution in [2.75, 3.05) is 0 Å². The van der Waals surface area contributed by atoms with Crippen LogP contribution in [0.15, 0.2) is 77.6 Å².